The molecule has 2 rings (SSSR count). The molecule has 0 unspecified atom stereocenters. The molecule has 0 radical (unpaired) electrons. The highest BCUT2D eigenvalue weighted by molar-refractivity contribution is 9.11. The van der Waals surface area contributed by atoms with Gasteiger partial charge in [-0.25, -0.2) is 8.42 Å². The van der Waals surface area contributed by atoms with Crippen molar-refractivity contribution in [2.75, 3.05) is 13.7 Å². The van der Waals surface area contributed by atoms with Gasteiger partial charge in [0.2, 0.25) is 0 Å². The third-order valence-corrected chi connectivity index (χ3v) is 6.80. The molecule has 7 heteroatoms. The largest absolute Gasteiger partial charge is 0.490 e. The van der Waals surface area contributed by atoms with Gasteiger partial charge in [0.1, 0.15) is 16.6 Å². The highest BCUT2D eigenvalue weighted by Gasteiger charge is 2.22. The monoisotopic (exact) mass is 401 g/mol. The third-order valence-electron chi connectivity index (χ3n) is 2.91. The van der Waals surface area contributed by atoms with Crippen molar-refractivity contribution in [3.63, 3.8) is 0 Å². The van der Waals surface area contributed by atoms with Crippen molar-refractivity contribution in [1.82, 2.24) is 4.31 Å². The number of halogens is 1. The molecule has 0 saturated carbocycles. The van der Waals surface area contributed by atoms with Gasteiger partial charge in [-0.15, -0.1) is 11.3 Å². The third kappa shape index (κ3) is 4.19. The van der Waals surface area contributed by atoms with Crippen LogP contribution in [0.3, 0.4) is 0 Å². The number of thiophene rings is 1. The summed E-state index contributed by atoms with van der Waals surface area (Å²) in [6, 6.07) is 10.7. The Morgan fingerprint density at radius 2 is 1.95 bits per heavy atom. The Hall–Kier alpha value is -1.15. The first kappa shape index (κ1) is 17.2. The van der Waals surface area contributed by atoms with Crippen molar-refractivity contribution in [2.24, 2.45) is 0 Å². The molecule has 0 saturated heterocycles. The zero-order chi connectivity index (χ0) is 16.2. The average molecular weight is 402 g/mol. The summed E-state index contributed by atoms with van der Waals surface area (Å²) in [6.45, 7) is 4.34. The zero-order valence-electron chi connectivity index (χ0n) is 12.0. The lowest BCUT2D eigenvalue weighted by atomic mass is 10.2. The Kier molecular flexibility index (Phi) is 5.80. The van der Waals surface area contributed by atoms with Crippen molar-refractivity contribution >= 4 is 37.3 Å². The molecule has 1 aromatic heterocycles. The molecular formula is C15H16BrNO3S2. The van der Waals surface area contributed by atoms with E-state index in [1.165, 1.54) is 15.6 Å². The van der Waals surface area contributed by atoms with Gasteiger partial charge in [-0.2, -0.15) is 4.31 Å². The second kappa shape index (κ2) is 7.41. The molecule has 0 amide bonds. The van der Waals surface area contributed by atoms with E-state index >= 15 is 0 Å². The van der Waals surface area contributed by atoms with E-state index < -0.39 is 10.0 Å². The fraction of sp³-hybridized carbons (Fsp3) is 0.200. The fourth-order valence-corrected chi connectivity index (χ4v) is 5.16. The van der Waals surface area contributed by atoms with Crippen molar-refractivity contribution in [2.45, 2.75) is 10.8 Å². The topological polar surface area (TPSA) is 46.6 Å². The van der Waals surface area contributed by atoms with E-state index in [0.717, 1.165) is 15.1 Å². The summed E-state index contributed by atoms with van der Waals surface area (Å²) < 4.78 is 32.7. The van der Waals surface area contributed by atoms with Crippen LogP contribution in [0.25, 0.3) is 0 Å². The predicted molar refractivity (Wildman–Crippen MR) is 92.8 cm³/mol. The Labute approximate surface area is 143 Å². The first-order valence-electron chi connectivity index (χ1n) is 6.48. The first-order chi connectivity index (χ1) is 10.4. The molecule has 0 atom stereocenters. The van der Waals surface area contributed by atoms with E-state index in [9.17, 15) is 8.42 Å². The molecule has 0 aliphatic heterocycles. The van der Waals surface area contributed by atoms with Crippen LogP contribution in [-0.4, -0.2) is 26.4 Å². The molecule has 1 heterocycles. The van der Waals surface area contributed by atoms with E-state index in [1.807, 2.05) is 24.3 Å². The highest BCUT2D eigenvalue weighted by Crippen LogP contribution is 2.28. The maximum Gasteiger partial charge on any atom is 0.252 e. The van der Waals surface area contributed by atoms with Gasteiger partial charge in [0.05, 0.1) is 3.79 Å². The van der Waals surface area contributed by atoms with E-state index in [4.69, 9.17) is 4.74 Å². The fourth-order valence-electron chi connectivity index (χ4n) is 1.78. The molecule has 2 aromatic rings. The summed E-state index contributed by atoms with van der Waals surface area (Å²) in [7, 11) is -1.89. The maximum absolute atomic E-state index is 12.4. The SMILES string of the molecule is C=CCOc1ccc(CN(C)S(=O)(=O)c2ccc(Br)s2)cc1. The lowest BCUT2D eigenvalue weighted by Gasteiger charge is -2.16. The van der Waals surface area contributed by atoms with Gasteiger partial charge in [0.15, 0.2) is 0 Å². The van der Waals surface area contributed by atoms with E-state index in [2.05, 4.69) is 22.5 Å². The minimum Gasteiger partial charge on any atom is -0.490 e. The molecule has 0 aliphatic rings. The van der Waals surface area contributed by atoms with Crippen LogP contribution in [0, 0.1) is 0 Å². The van der Waals surface area contributed by atoms with Crippen LogP contribution in [0.4, 0.5) is 0 Å². The summed E-state index contributed by atoms with van der Waals surface area (Å²) in [5.41, 5.74) is 0.896. The van der Waals surface area contributed by atoms with Crippen molar-refractivity contribution in [3.8, 4) is 5.75 Å². The molecule has 118 valence electrons. The van der Waals surface area contributed by atoms with Crippen LogP contribution in [0.15, 0.2) is 57.0 Å². The summed E-state index contributed by atoms with van der Waals surface area (Å²) in [5.74, 6) is 0.733. The van der Waals surface area contributed by atoms with Gasteiger partial charge >= 0.3 is 0 Å². The van der Waals surface area contributed by atoms with Crippen LogP contribution >= 0.6 is 27.3 Å². The molecule has 0 aliphatic carbocycles. The second-order valence-electron chi connectivity index (χ2n) is 4.56. The van der Waals surface area contributed by atoms with Crippen LogP contribution < -0.4 is 4.74 Å². The standard InChI is InChI=1S/C15H16BrNO3S2/c1-3-10-20-13-6-4-12(5-7-13)11-17(2)22(18,19)15-9-8-14(16)21-15/h3-9H,1,10-11H2,2H3. The Balaban J connectivity index is 2.08. The molecule has 0 bridgehead atoms. The minimum absolute atomic E-state index is 0.305. The van der Waals surface area contributed by atoms with Gasteiger partial charge in [0.25, 0.3) is 10.0 Å². The van der Waals surface area contributed by atoms with Gasteiger partial charge in [-0.1, -0.05) is 24.8 Å². The van der Waals surface area contributed by atoms with Crippen molar-refractivity contribution < 1.29 is 13.2 Å². The summed E-state index contributed by atoms with van der Waals surface area (Å²) >= 11 is 4.49. The van der Waals surface area contributed by atoms with Crippen LogP contribution in [-0.2, 0) is 16.6 Å². The Bertz CT molecular complexity index is 738. The lowest BCUT2D eigenvalue weighted by molar-refractivity contribution is 0.363. The number of rotatable bonds is 7. The van der Waals surface area contributed by atoms with Gasteiger partial charge in [0, 0.05) is 13.6 Å². The smallest absolute Gasteiger partial charge is 0.252 e. The molecule has 4 nitrogen and oxygen atoms in total. The van der Waals surface area contributed by atoms with Crippen LogP contribution in [0.2, 0.25) is 0 Å². The molecule has 1 aromatic carbocycles. The normalized spacial score (nSPS) is 11.6. The lowest BCUT2D eigenvalue weighted by Crippen LogP contribution is -2.25. The minimum atomic E-state index is -3.46. The zero-order valence-corrected chi connectivity index (χ0v) is 15.2. The molecule has 22 heavy (non-hydrogen) atoms. The molecule has 0 fully saturated rings. The molecule has 0 spiro atoms. The molecular weight excluding hydrogens is 386 g/mol. The van der Waals surface area contributed by atoms with E-state index in [0.29, 0.717) is 17.4 Å². The summed E-state index contributed by atoms with van der Waals surface area (Å²) in [6.07, 6.45) is 1.67. The van der Waals surface area contributed by atoms with Crippen LogP contribution in [0.5, 0.6) is 5.75 Å². The average Bonchev–Trinajstić information content (AvgIpc) is 2.94. The quantitative estimate of drug-likeness (QED) is 0.660. The number of nitrogens with zero attached hydrogens (tertiary/aromatic N) is 1. The Morgan fingerprint density at radius 1 is 1.27 bits per heavy atom. The highest BCUT2D eigenvalue weighted by atomic mass is 79.9. The Morgan fingerprint density at radius 3 is 2.50 bits per heavy atom. The van der Waals surface area contributed by atoms with E-state index in [1.54, 1.807) is 25.3 Å². The van der Waals surface area contributed by atoms with Gasteiger partial charge in [-0.3, -0.25) is 0 Å². The predicted octanol–water partition coefficient (Wildman–Crippen LogP) is 3.90. The van der Waals surface area contributed by atoms with Gasteiger partial charge < -0.3 is 4.74 Å². The van der Waals surface area contributed by atoms with Crippen LogP contribution in [0.1, 0.15) is 5.56 Å². The number of sulfonamides is 1. The summed E-state index contributed by atoms with van der Waals surface area (Å²) in [4.78, 5) is 0. The second-order valence-corrected chi connectivity index (χ2v) is 9.30. The summed E-state index contributed by atoms with van der Waals surface area (Å²) in [5, 5.41) is 0. The van der Waals surface area contributed by atoms with Crippen molar-refractivity contribution in [1.29, 1.82) is 0 Å². The number of hydrogen-bond donors (Lipinski definition) is 0. The van der Waals surface area contributed by atoms with Crippen molar-refractivity contribution in [3.05, 3.63) is 58.4 Å². The maximum atomic E-state index is 12.4. The number of hydrogen-bond acceptors (Lipinski definition) is 4. The number of benzene rings is 1. The first-order valence-corrected chi connectivity index (χ1v) is 9.53. The van der Waals surface area contributed by atoms with Gasteiger partial charge in [-0.05, 0) is 45.8 Å². The van der Waals surface area contributed by atoms with E-state index in [-0.39, 0.29) is 0 Å². The molecule has 0 N–H and O–H groups in total. The number of ether oxygens (including phenoxy) is 1.